The van der Waals surface area contributed by atoms with Crippen LogP contribution in [-0.2, 0) is 22.6 Å². The van der Waals surface area contributed by atoms with Gasteiger partial charge in [-0.15, -0.1) is 0 Å². The number of likely N-dealkylation sites (tertiary alicyclic amines) is 1. The first kappa shape index (κ1) is 30.2. The second-order valence-electron chi connectivity index (χ2n) is 11.7. The van der Waals surface area contributed by atoms with Crippen LogP contribution in [0.4, 0.5) is 0 Å². The van der Waals surface area contributed by atoms with Crippen LogP contribution in [0.5, 0.6) is 0 Å². The van der Waals surface area contributed by atoms with E-state index in [4.69, 9.17) is 15.1 Å². The molecule has 0 aliphatic carbocycles. The van der Waals surface area contributed by atoms with E-state index >= 15 is 0 Å². The van der Waals surface area contributed by atoms with Gasteiger partial charge in [0.15, 0.2) is 0 Å². The van der Waals surface area contributed by atoms with E-state index in [1.807, 2.05) is 103 Å². The number of fused-ring (bicyclic) bond motifs is 1. The number of nitrogens with two attached hydrogens (primary N) is 1. The molecule has 5 aromatic rings. The van der Waals surface area contributed by atoms with Gasteiger partial charge in [-0.05, 0) is 56.3 Å². The maximum absolute atomic E-state index is 13.7. The maximum Gasteiger partial charge on any atom is 0.244 e. The number of rotatable bonds is 11. The molecule has 232 valence electrons. The minimum absolute atomic E-state index is 0.0340. The summed E-state index contributed by atoms with van der Waals surface area (Å²) in [6.45, 7) is 1.76. The number of likely N-dealkylation sites (N-methyl/N-ethyl adjacent to an activating group) is 1. The Morgan fingerprint density at radius 3 is 2.56 bits per heavy atom. The summed E-state index contributed by atoms with van der Waals surface area (Å²) in [5.41, 5.74) is 10.2. The molecule has 0 saturated carbocycles. The first-order valence-corrected chi connectivity index (χ1v) is 15.4. The van der Waals surface area contributed by atoms with Gasteiger partial charge in [0.05, 0.1) is 36.2 Å². The monoisotopic (exact) mass is 605 g/mol. The summed E-state index contributed by atoms with van der Waals surface area (Å²) >= 11 is 0. The van der Waals surface area contributed by atoms with Gasteiger partial charge >= 0.3 is 0 Å². The van der Waals surface area contributed by atoms with Gasteiger partial charge in [-0.2, -0.15) is 0 Å². The fraction of sp³-hybridized carbons (Fsp3) is 0.314. The molecule has 3 N–H and O–H groups in total. The Kier molecular flexibility index (Phi) is 9.04. The third kappa shape index (κ3) is 6.67. The lowest BCUT2D eigenvalue weighted by atomic mass is 10.0. The van der Waals surface area contributed by atoms with E-state index in [0.717, 1.165) is 40.6 Å². The van der Waals surface area contributed by atoms with E-state index in [0.29, 0.717) is 50.1 Å². The molecule has 0 radical (unpaired) electrons. The zero-order chi connectivity index (χ0) is 31.3. The van der Waals surface area contributed by atoms with E-state index in [9.17, 15) is 9.59 Å². The normalized spacial score (nSPS) is 15.6. The molecule has 1 aliphatic heterocycles. The predicted octanol–water partition coefficient (Wildman–Crippen LogP) is 4.71. The van der Waals surface area contributed by atoms with E-state index in [-0.39, 0.29) is 17.9 Å². The number of imidazole rings is 1. The van der Waals surface area contributed by atoms with Crippen LogP contribution in [0.15, 0.2) is 89.5 Å². The van der Waals surface area contributed by atoms with Crippen molar-refractivity contribution in [3.05, 3.63) is 108 Å². The maximum atomic E-state index is 13.7. The molecule has 10 nitrogen and oxygen atoms in total. The Balaban J connectivity index is 1.18. The molecule has 6 rings (SSSR count). The highest BCUT2D eigenvalue weighted by Crippen LogP contribution is 2.35. The smallest absolute Gasteiger partial charge is 0.244 e. The van der Waals surface area contributed by atoms with E-state index in [1.54, 1.807) is 11.1 Å². The number of aromatic nitrogens is 3. The first-order valence-electron chi connectivity index (χ1n) is 15.4. The Morgan fingerprint density at radius 2 is 1.82 bits per heavy atom. The van der Waals surface area contributed by atoms with Crippen molar-refractivity contribution in [2.45, 2.75) is 37.9 Å². The SMILES string of the molecule is CN(C)[C@@H](C(=O)N(CCN)Cc1nc2ccc(-c3ncc([C@@H]4CCCN4C(=O)Cc4ccccc4)o3)cc2[nH]1)c1ccccc1. The fourth-order valence-corrected chi connectivity index (χ4v) is 6.15. The zero-order valence-corrected chi connectivity index (χ0v) is 25.7. The van der Waals surface area contributed by atoms with E-state index < -0.39 is 6.04 Å². The van der Waals surface area contributed by atoms with Crippen LogP contribution < -0.4 is 5.73 Å². The molecule has 2 atom stereocenters. The van der Waals surface area contributed by atoms with Crippen LogP contribution >= 0.6 is 0 Å². The lowest BCUT2D eigenvalue weighted by Gasteiger charge is -2.30. The van der Waals surface area contributed by atoms with Crippen molar-refractivity contribution in [3.63, 3.8) is 0 Å². The molecule has 10 heteroatoms. The molecule has 1 fully saturated rings. The van der Waals surface area contributed by atoms with Crippen molar-refractivity contribution >= 4 is 22.8 Å². The zero-order valence-electron chi connectivity index (χ0n) is 25.7. The van der Waals surface area contributed by atoms with Gasteiger partial charge < -0.3 is 24.9 Å². The van der Waals surface area contributed by atoms with Gasteiger partial charge in [0.25, 0.3) is 0 Å². The van der Waals surface area contributed by atoms with Crippen LogP contribution in [0.3, 0.4) is 0 Å². The number of nitrogens with zero attached hydrogens (tertiary/aromatic N) is 5. The number of oxazole rings is 1. The molecule has 0 spiro atoms. The molecule has 1 saturated heterocycles. The van der Waals surface area contributed by atoms with Crippen LogP contribution in [0.25, 0.3) is 22.5 Å². The highest BCUT2D eigenvalue weighted by Gasteiger charge is 2.33. The lowest BCUT2D eigenvalue weighted by Crippen LogP contribution is -2.42. The number of hydrogen-bond acceptors (Lipinski definition) is 7. The summed E-state index contributed by atoms with van der Waals surface area (Å²) < 4.78 is 6.25. The van der Waals surface area contributed by atoms with Crippen LogP contribution in [-0.4, -0.2) is 75.2 Å². The Morgan fingerprint density at radius 1 is 1.07 bits per heavy atom. The quantitative estimate of drug-likeness (QED) is 0.223. The van der Waals surface area contributed by atoms with E-state index in [2.05, 4.69) is 9.97 Å². The third-order valence-corrected chi connectivity index (χ3v) is 8.32. The molecule has 2 aromatic heterocycles. The van der Waals surface area contributed by atoms with Crippen LogP contribution in [0.2, 0.25) is 0 Å². The standard InChI is InChI=1S/C35H39N7O3/c1-40(2)33(25-12-7-4-8-13-25)35(44)41(19-17-36)23-31-38-27-16-15-26(21-28(27)39-31)34-37-22-30(45-34)29-14-9-18-42(29)32(43)20-24-10-5-3-6-11-24/h3-8,10-13,15-16,21-22,29,33H,9,14,17-20,23,36H2,1-2H3,(H,38,39)/t29-,33+/m0/s1. The molecule has 0 unspecified atom stereocenters. The number of amides is 2. The second-order valence-corrected chi connectivity index (χ2v) is 11.7. The van der Waals surface area contributed by atoms with Crippen molar-refractivity contribution in [1.82, 2.24) is 29.7 Å². The van der Waals surface area contributed by atoms with Crippen molar-refractivity contribution < 1.29 is 14.0 Å². The molecule has 3 aromatic carbocycles. The summed E-state index contributed by atoms with van der Waals surface area (Å²) in [5.74, 6) is 1.91. The molecule has 3 heterocycles. The minimum atomic E-state index is -0.433. The van der Waals surface area contributed by atoms with Crippen molar-refractivity contribution in [1.29, 1.82) is 0 Å². The number of carbonyl (C=O) groups excluding carboxylic acids is 2. The minimum Gasteiger partial charge on any atom is -0.439 e. The van der Waals surface area contributed by atoms with Gasteiger partial charge in [-0.1, -0.05) is 60.7 Å². The molecule has 2 amide bonds. The summed E-state index contributed by atoms with van der Waals surface area (Å²) in [4.78, 5) is 45.2. The molecule has 1 aliphatic rings. The number of H-pyrrole nitrogens is 1. The highest BCUT2D eigenvalue weighted by atomic mass is 16.4. The number of hydrogen-bond donors (Lipinski definition) is 2. The molecular weight excluding hydrogens is 566 g/mol. The van der Waals surface area contributed by atoms with Gasteiger partial charge in [-0.25, -0.2) is 9.97 Å². The van der Waals surface area contributed by atoms with Crippen molar-refractivity contribution in [2.75, 3.05) is 33.7 Å². The second kappa shape index (κ2) is 13.5. The van der Waals surface area contributed by atoms with Gasteiger partial charge in [0, 0.05) is 25.2 Å². The van der Waals surface area contributed by atoms with Crippen LogP contribution in [0, 0.1) is 0 Å². The average Bonchev–Trinajstić information content (AvgIpc) is 3.81. The molecule has 0 bridgehead atoms. The van der Waals surface area contributed by atoms with Gasteiger partial charge in [0.2, 0.25) is 17.7 Å². The Labute approximate surface area is 262 Å². The number of aromatic amines is 1. The summed E-state index contributed by atoms with van der Waals surface area (Å²) in [6, 6.07) is 24.8. The Hall–Kier alpha value is -4.80. The fourth-order valence-electron chi connectivity index (χ4n) is 6.15. The lowest BCUT2D eigenvalue weighted by molar-refractivity contribution is -0.137. The highest BCUT2D eigenvalue weighted by molar-refractivity contribution is 5.84. The largest absolute Gasteiger partial charge is 0.439 e. The predicted molar refractivity (Wildman–Crippen MR) is 173 cm³/mol. The Bertz CT molecular complexity index is 1750. The van der Waals surface area contributed by atoms with Gasteiger partial charge in [-0.3, -0.25) is 14.5 Å². The number of nitrogens with one attached hydrogen (secondary N) is 1. The van der Waals surface area contributed by atoms with Crippen LogP contribution in [0.1, 0.15) is 47.6 Å². The third-order valence-electron chi connectivity index (χ3n) is 8.32. The number of carbonyl (C=O) groups is 2. The summed E-state index contributed by atoms with van der Waals surface area (Å²) in [7, 11) is 3.81. The number of benzene rings is 3. The molecular formula is C35H39N7O3. The first-order chi connectivity index (χ1) is 21.9. The van der Waals surface area contributed by atoms with Crippen molar-refractivity contribution in [2.24, 2.45) is 5.73 Å². The topological polar surface area (TPSA) is 125 Å². The van der Waals surface area contributed by atoms with E-state index in [1.165, 1.54) is 0 Å². The summed E-state index contributed by atoms with van der Waals surface area (Å²) in [5, 5.41) is 0. The van der Waals surface area contributed by atoms with Gasteiger partial charge in [0.1, 0.15) is 17.6 Å². The van der Waals surface area contributed by atoms with Crippen molar-refractivity contribution in [3.8, 4) is 11.5 Å². The average molecular weight is 606 g/mol. The summed E-state index contributed by atoms with van der Waals surface area (Å²) in [6.07, 6.45) is 3.87. The molecule has 45 heavy (non-hydrogen) atoms.